The van der Waals surface area contributed by atoms with Crippen molar-refractivity contribution < 1.29 is 14.7 Å². The van der Waals surface area contributed by atoms with Gasteiger partial charge in [0, 0.05) is 5.92 Å². The van der Waals surface area contributed by atoms with Crippen molar-refractivity contribution in [2.45, 2.75) is 46.6 Å². The van der Waals surface area contributed by atoms with Gasteiger partial charge < -0.3 is 10.4 Å². The molecule has 0 saturated heterocycles. The fourth-order valence-electron chi connectivity index (χ4n) is 2.68. The van der Waals surface area contributed by atoms with Crippen molar-refractivity contribution in [3.8, 4) is 0 Å². The normalized spacial score (nSPS) is 25.2. The maximum atomic E-state index is 12.2. The SMILES string of the molecule is CCC1(C)CC1C(=O)NC(C(=O)O)c1ccc(C)c(C)c1. The van der Waals surface area contributed by atoms with Gasteiger partial charge in [0.05, 0.1) is 0 Å². The van der Waals surface area contributed by atoms with Gasteiger partial charge in [-0.15, -0.1) is 0 Å². The van der Waals surface area contributed by atoms with E-state index >= 15 is 0 Å². The summed E-state index contributed by atoms with van der Waals surface area (Å²) in [5, 5.41) is 12.1. The molecule has 0 aliphatic heterocycles. The summed E-state index contributed by atoms with van der Waals surface area (Å²) in [4.78, 5) is 23.7. The van der Waals surface area contributed by atoms with Crippen LogP contribution in [0.25, 0.3) is 0 Å². The van der Waals surface area contributed by atoms with Gasteiger partial charge in [-0.25, -0.2) is 4.79 Å². The molecule has 4 heteroatoms. The van der Waals surface area contributed by atoms with Gasteiger partial charge in [0.15, 0.2) is 6.04 Å². The standard InChI is InChI=1S/C17H23NO3/c1-5-17(4)9-13(17)15(19)18-14(16(20)21)12-7-6-10(2)11(3)8-12/h6-8,13-14H,5,9H2,1-4H3,(H,18,19)(H,20,21). The van der Waals surface area contributed by atoms with Gasteiger partial charge in [0.1, 0.15) is 0 Å². The second kappa shape index (κ2) is 5.51. The number of amides is 1. The van der Waals surface area contributed by atoms with Crippen molar-refractivity contribution in [1.29, 1.82) is 0 Å². The van der Waals surface area contributed by atoms with Crippen LogP contribution < -0.4 is 5.32 Å². The Morgan fingerprint density at radius 3 is 2.52 bits per heavy atom. The lowest BCUT2D eigenvalue weighted by Crippen LogP contribution is -2.35. The van der Waals surface area contributed by atoms with Crippen molar-refractivity contribution in [2.24, 2.45) is 11.3 Å². The zero-order chi connectivity index (χ0) is 15.8. The highest BCUT2D eigenvalue weighted by molar-refractivity contribution is 5.88. The molecule has 1 aliphatic carbocycles. The summed E-state index contributed by atoms with van der Waals surface area (Å²) in [6, 6.07) is 4.52. The summed E-state index contributed by atoms with van der Waals surface area (Å²) in [6.45, 7) is 8.05. The minimum atomic E-state index is -1.02. The number of benzene rings is 1. The van der Waals surface area contributed by atoms with Crippen molar-refractivity contribution >= 4 is 11.9 Å². The van der Waals surface area contributed by atoms with Gasteiger partial charge in [0.2, 0.25) is 5.91 Å². The molecule has 0 heterocycles. The molecule has 1 saturated carbocycles. The van der Waals surface area contributed by atoms with Crippen LogP contribution in [-0.2, 0) is 9.59 Å². The molecule has 2 rings (SSSR count). The predicted molar refractivity (Wildman–Crippen MR) is 80.9 cm³/mol. The molecule has 0 bridgehead atoms. The lowest BCUT2D eigenvalue weighted by Gasteiger charge is -2.17. The summed E-state index contributed by atoms with van der Waals surface area (Å²) in [6.07, 6.45) is 1.78. The molecule has 2 N–H and O–H groups in total. The fraction of sp³-hybridized carbons (Fsp3) is 0.529. The highest BCUT2D eigenvalue weighted by atomic mass is 16.4. The van der Waals surface area contributed by atoms with Crippen LogP contribution in [-0.4, -0.2) is 17.0 Å². The Bertz CT molecular complexity index is 581. The summed E-state index contributed by atoms with van der Waals surface area (Å²) in [7, 11) is 0. The van der Waals surface area contributed by atoms with Crippen LogP contribution in [0.15, 0.2) is 18.2 Å². The number of carboxylic acids is 1. The van der Waals surface area contributed by atoms with Gasteiger partial charge in [0.25, 0.3) is 0 Å². The molecule has 21 heavy (non-hydrogen) atoms. The van der Waals surface area contributed by atoms with E-state index in [4.69, 9.17) is 0 Å². The molecule has 114 valence electrons. The summed E-state index contributed by atoms with van der Waals surface area (Å²) < 4.78 is 0. The van der Waals surface area contributed by atoms with Crippen LogP contribution in [0.4, 0.5) is 0 Å². The van der Waals surface area contributed by atoms with E-state index in [0.29, 0.717) is 5.56 Å². The quantitative estimate of drug-likeness (QED) is 0.875. The first-order chi connectivity index (χ1) is 9.78. The van der Waals surface area contributed by atoms with E-state index in [1.165, 1.54) is 0 Å². The molecular formula is C17H23NO3. The summed E-state index contributed by atoms with van der Waals surface area (Å²) >= 11 is 0. The van der Waals surface area contributed by atoms with Crippen molar-refractivity contribution in [3.05, 3.63) is 34.9 Å². The maximum absolute atomic E-state index is 12.2. The summed E-state index contributed by atoms with van der Waals surface area (Å²) in [5.74, 6) is -1.23. The molecule has 1 aromatic carbocycles. The van der Waals surface area contributed by atoms with E-state index in [0.717, 1.165) is 24.0 Å². The molecule has 0 radical (unpaired) electrons. The monoisotopic (exact) mass is 289 g/mol. The minimum absolute atomic E-state index is 0.0380. The predicted octanol–water partition coefficient (Wildman–Crippen LogP) is 2.98. The Labute approximate surface area is 125 Å². The average molecular weight is 289 g/mol. The van der Waals surface area contributed by atoms with Crippen LogP contribution >= 0.6 is 0 Å². The number of aliphatic carboxylic acids is 1. The van der Waals surface area contributed by atoms with Crippen LogP contribution in [0.2, 0.25) is 0 Å². The van der Waals surface area contributed by atoms with Crippen LogP contribution in [0, 0.1) is 25.2 Å². The van der Waals surface area contributed by atoms with Gasteiger partial charge in [-0.3, -0.25) is 4.79 Å². The lowest BCUT2D eigenvalue weighted by atomic mass is 10.00. The molecule has 1 fully saturated rings. The zero-order valence-corrected chi connectivity index (χ0v) is 13.1. The first kappa shape index (κ1) is 15.5. The molecule has 1 aromatic rings. The van der Waals surface area contributed by atoms with E-state index in [2.05, 4.69) is 19.2 Å². The number of aryl methyl sites for hydroxylation is 2. The Morgan fingerprint density at radius 2 is 2.05 bits per heavy atom. The van der Waals surface area contributed by atoms with Gasteiger partial charge in [-0.1, -0.05) is 32.0 Å². The molecule has 0 spiro atoms. The van der Waals surface area contributed by atoms with Gasteiger partial charge >= 0.3 is 5.97 Å². The van der Waals surface area contributed by atoms with Crippen molar-refractivity contribution in [1.82, 2.24) is 5.32 Å². The van der Waals surface area contributed by atoms with Crippen molar-refractivity contribution in [3.63, 3.8) is 0 Å². The molecule has 3 atom stereocenters. The van der Waals surface area contributed by atoms with E-state index in [1.54, 1.807) is 6.07 Å². The Morgan fingerprint density at radius 1 is 1.38 bits per heavy atom. The molecule has 1 amide bonds. The largest absolute Gasteiger partial charge is 0.479 e. The molecule has 0 aromatic heterocycles. The van der Waals surface area contributed by atoms with Crippen LogP contribution in [0.3, 0.4) is 0 Å². The molecular weight excluding hydrogens is 266 g/mol. The van der Waals surface area contributed by atoms with E-state index in [-0.39, 0.29) is 17.2 Å². The first-order valence-corrected chi connectivity index (χ1v) is 7.39. The Hall–Kier alpha value is -1.84. The van der Waals surface area contributed by atoms with Gasteiger partial charge in [-0.2, -0.15) is 0 Å². The number of hydrogen-bond donors (Lipinski definition) is 2. The Kier molecular flexibility index (Phi) is 4.08. The molecule has 1 aliphatic rings. The Balaban J connectivity index is 2.15. The second-order valence-corrected chi connectivity index (χ2v) is 6.39. The number of carbonyl (C=O) groups is 2. The van der Waals surface area contributed by atoms with Crippen LogP contribution in [0.5, 0.6) is 0 Å². The minimum Gasteiger partial charge on any atom is -0.479 e. The average Bonchev–Trinajstić information content (AvgIpc) is 3.12. The maximum Gasteiger partial charge on any atom is 0.330 e. The number of carboxylic acid groups (broad SMARTS) is 1. The molecule has 3 unspecified atom stereocenters. The van der Waals surface area contributed by atoms with Crippen molar-refractivity contribution in [2.75, 3.05) is 0 Å². The first-order valence-electron chi connectivity index (χ1n) is 7.39. The van der Waals surface area contributed by atoms with E-state index < -0.39 is 12.0 Å². The zero-order valence-electron chi connectivity index (χ0n) is 13.1. The third kappa shape index (κ3) is 3.09. The van der Waals surface area contributed by atoms with Gasteiger partial charge in [-0.05, 0) is 48.8 Å². The van der Waals surface area contributed by atoms with E-state index in [1.807, 2.05) is 26.0 Å². The highest BCUT2D eigenvalue weighted by Gasteiger charge is 2.53. The lowest BCUT2D eigenvalue weighted by molar-refractivity contribution is -0.142. The number of nitrogens with one attached hydrogen (secondary N) is 1. The third-order valence-electron chi connectivity index (χ3n) is 4.87. The summed E-state index contributed by atoms with van der Waals surface area (Å²) in [5.41, 5.74) is 2.79. The second-order valence-electron chi connectivity index (χ2n) is 6.39. The van der Waals surface area contributed by atoms with E-state index in [9.17, 15) is 14.7 Å². The highest BCUT2D eigenvalue weighted by Crippen LogP contribution is 2.54. The number of carbonyl (C=O) groups excluding carboxylic acids is 1. The number of hydrogen-bond acceptors (Lipinski definition) is 2. The fourth-order valence-corrected chi connectivity index (χ4v) is 2.68. The smallest absolute Gasteiger partial charge is 0.330 e. The topological polar surface area (TPSA) is 66.4 Å². The molecule has 4 nitrogen and oxygen atoms in total. The third-order valence-corrected chi connectivity index (χ3v) is 4.87. The van der Waals surface area contributed by atoms with Crippen LogP contribution in [0.1, 0.15) is 49.4 Å². The number of rotatable bonds is 5.